The molecule has 0 spiro atoms. The van der Waals surface area contributed by atoms with Crippen molar-refractivity contribution in [3.8, 4) is 0 Å². The minimum atomic E-state index is -0.118. The van der Waals surface area contributed by atoms with E-state index in [1.165, 1.54) is 5.06 Å². The molecule has 0 atom stereocenters. The maximum Gasteiger partial charge on any atom is 0.341 e. The Morgan fingerprint density at radius 3 is 2.39 bits per heavy atom. The lowest BCUT2D eigenvalue weighted by molar-refractivity contribution is -0.140. The summed E-state index contributed by atoms with van der Waals surface area (Å²) in [5, 5.41) is 4.51. The first-order chi connectivity index (χ1) is 11.2. The number of hydrogen-bond donors (Lipinski definition) is 1. The Balaban J connectivity index is 1.41. The average molecular weight is 341 g/mol. The van der Waals surface area contributed by atoms with Gasteiger partial charge in [0.15, 0.2) is 0 Å². The molecule has 6 nitrogen and oxygen atoms in total. The molecule has 130 valence electrons. The molecule has 3 fully saturated rings. The summed E-state index contributed by atoms with van der Waals surface area (Å²) in [5.74, 6) is 2.60. The molecule has 1 saturated carbocycles. The van der Waals surface area contributed by atoms with E-state index in [9.17, 15) is 9.59 Å². The van der Waals surface area contributed by atoms with Crippen molar-refractivity contribution in [1.82, 2.24) is 15.3 Å². The highest BCUT2D eigenvalue weighted by atomic mass is 32.2. The third kappa shape index (κ3) is 4.53. The van der Waals surface area contributed by atoms with Crippen LogP contribution in [0.2, 0.25) is 0 Å². The van der Waals surface area contributed by atoms with Crippen molar-refractivity contribution in [2.24, 2.45) is 5.92 Å². The van der Waals surface area contributed by atoms with E-state index >= 15 is 0 Å². The summed E-state index contributed by atoms with van der Waals surface area (Å²) in [6, 6.07) is 0.0570. The third-order valence-electron chi connectivity index (χ3n) is 4.96. The van der Waals surface area contributed by atoms with Gasteiger partial charge >= 0.3 is 6.03 Å². The van der Waals surface area contributed by atoms with E-state index in [1.54, 1.807) is 0 Å². The molecule has 0 aromatic rings. The summed E-state index contributed by atoms with van der Waals surface area (Å²) >= 11 is 1.93. The molecule has 1 N–H and O–H groups in total. The van der Waals surface area contributed by atoms with Gasteiger partial charge in [-0.05, 0) is 38.5 Å². The standard InChI is InChI=1S/C16H27N3O3S/c20-15(18-8-11-23-12-9-18)13-3-5-14(6-4-13)17-16(21)19-7-1-2-10-22-19/h13-14H,1-12H2,(H,17,21). The Hall–Kier alpha value is -0.950. The van der Waals surface area contributed by atoms with E-state index in [-0.39, 0.29) is 18.0 Å². The zero-order valence-corrected chi connectivity index (χ0v) is 14.5. The SMILES string of the molecule is O=C(C1CCC(NC(=O)N2CCCCO2)CC1)N1CCSCC1. The Morgan fingerprint density at radius 2 is 1.74 bits per heavy atom. The Bertz CT molecular complexity index is 415. The van der Waals surface area contributed by atoms with Crippen LogP contribution < -0.4 is 5.32 Å². The zero-order valence-electron chi connectivity index (χ0n) is 13.7. The number of hydrogen-bond acceptors (Lipinski definition) is 4. The molecular formula is C16H27N3O3S. The summed E-state index contributed by atoms with van der Waals surface area (Å²) in [6.45, 7) is 3.09. The van der Waals surface area contributed by atoms with Gasteiger partial charge in [-0.25, -0.2) is 9.86 Å². The second-order valence-electron chi connectivity index (χ2n) is 6.58. The fourth-order valence-corrected chi connectivity index (χ4v) is 4.43. The van der Waals surface area contributed by atoms with Crippen molar-refractivity contribution < 1.29 is 14.4 Å². The van der Waals surface area contributed by atoms with E-state index in [1.807, 2.05) is 16.7 Å². The lowest BCUT2D eigenvalue weighted by Crippen LogP contribution is -2.49. The fourth-order valence-electron chi connectivity index (χ4n) is 3.53. The minimum absolute atomic E-state index is 0.118. The van der Waals surface area contributed by atoms with Gasteiger partial charge in [-0.1, -0.05) is 0 Å². The number of nitrogens with one attached hydrogen (secondary N) is 1. The second-order valence-corrected chi connectivity index (χ2v) is 7.80. The molecule has 2 aliphatic heterocycles. The Morgan fingerprint density at radius 1 is 1.00 bits per heavy atom. The van der Waals surface area contributed by atoms with Crippen LogP contribution in [0, 0.1) is 5.92 Å². The molecule has 7 heteroatoms. The maximum atomic E-state index is 12.5. The van der Waals surface area contributed by atoms with Crippen LogP contribution in [0.4, 0.5) is 4.79 Å². The number of rotatable bonds is 2. The van der Waals surface area contributed by atoms with E-state index in [0.29, 0.717) is 19.1 Å². The van der Waals surface area contributed by atoms with E-state index in [2.05, 4.69) is 5.32 Å². The van der Waals surface area contributed by atoms with Crippen molar-refractivity contribution in [2.45, 2.75) is 44.6 Å². The van der Waals surface area contributed by atoms with Crippen molar-refractivity contribution >= 4 is 23.7 Å². The molecular weight excluding hydrogens is 314 g/mol. The lowest BCUT2D eigenvalue weighted by Gasteiger charge is -2.35. The van der Waals surface area contributed by atoms with Gasteiger partial charge in [0, 0.05) is 36.6 Å². The molecule has 0 radical (unpaired) electrons. The van der Waals surface area contributed by atoms with Crippen molar-refractivity contribution in [2.75, 3.05) is 37.7 Å². The van der Waals surface area contributed by atoms with Crippen molar-refractivity contribution in [1.29, 1.82) is 0 Å². The monoisotopic (exact) mass is 341 g/mol. The van der Waals surface area contributed by atoms with Gasteiger partial charge in [0.25, 0.3) is 0 Å². The Kier molecular flexibility index (Phi) is 6.05. The fraction of sp³-hybridized carbons (Fsp3) is 0.875. The molecule has 0 aromatic carbocycles. The average Bonchev–Trinajstić information content (AvgIpc) is 2.63. The number of carbonyl (C=O) groups excluding carboxylic acids is 2. The van der Waals surface area contributed by atoms with Crippen LogP contribution in [-0.4, -0.2) is 65.7 Å². The topological polar surface area (TPSA) is 61.9 Å². The van der Waals surface area contributed by atoms with Crippen LogP contribution in [0.25, 0.3) is 0 Å². The second kappa shape index (κ2) is 8.24. The maximum absolute atomic E-state index is 12.5. The van der Waals surface area contributed by atoms with E-state index < -0.39 is 0 Å². The number of nitrogens with zero attached hydrogens (tertiary/aromatic N) is 2. The van der Waals surface area contributed by atoms with Crippen molar-refractivity contribution in [3.05, 3.63) is 0 Å². The molecule has 3 amide bonds. The highest BCUT2D eigenvalue weighted by Gasteiger charge is 2.31. The molecule has 0 bridgehead atoms. The molecule has 1 aliphatic carbocycles. The summed E-state index contributed by atoms with van der Waals surface area (Å²) in [4.78, 5) is 32.1. The molecule has 23 heavy (non-hydrogen) atoms. The number of thioether (sulfide) groups is 1. The van der Waals surface area contributed by atoms with Crippen LogP contribution in [0.1, 0.15) is 38.5 Å². The zero-order chi connectivity index (χ0) is 16.1. The highest BCUT2D eigenvalue weighted by molar-refractivity contribution is 7.99. The molecule has 2 saturated heterocycles. The molecule has 2 heterocycles. The molecule has 0 aromatic heterocycles. The Labute approximate surface area is 142 Å². The number of amides is 3. The predicted molar refractivity (Wildman–Crippen MR) is 90.1 cm³/mol. The van der Waals surface area contributed by atoms with Crippen LogP contribution in [-0.2, 0) is 9.63 Å². The first kappa shape index (κ1) is 16.9. The summed E-state index contributed by atoms with van der Waals surface area (Å²) in [6.07, 6.45) is 5.56. The van der Waals surface area contributed by atoms with E-state index in [4.69, 9.17) is 4.84 Å². The van der Waals surface area contributed by atoms with Gasteiger partial charge in [-0.15, -0.1) is 0 Å². The first-order valence-corrected chi connectivity index (χ1v) is 9.97. The van der Waals surface area contributed by atoms with Gasteiger partial charge in [-0.2, -0.15) is 11.8 Å². The lowest BCUT2D eigenvalue weighted by atomic mass is 9.85. The van der Waals surface area contributed by atoms with Crippen LogP contribution in [0.3, 0.4) is 0 Å². The van der Waals surface area contributed by atoms with E-state index in [0.717, 1.165) is 63.1 Å². The van der Waals surface area contributed by atoms with Gasteiger partial charge in [0.1, 0.15) is 0 Å². The predicted octanol–water partition coefficient (Wildman–Crippen LogP) is 1.86. The highest BCUT2D eigenvalue weighted by Crippen LogP contribution is 2.27. The summed E-state index contributed by atoms with van der Waals surface area (Å²) in [7, 11) is 0. The van der Waals surface area contributed by atoms with Gasteiger partial charge in [0.2, 0.25) is 5.91 Å². The van der Waals surface area contributed by atoms with Crippen LogP contribution in [0.15, 0.2) is 0 Å². The smallest absolute Gasteiger partial charge is 0.341 e. The number of hydroxylamine groups is 2. The number of urea groups is 1. The normalized spacial score (nSPS) is 29.2. The van der Waals surface area contributed by atoms with Crippen LogP contribution >= 0.6 is 11.8 Å². The van der Waals surface area contributed by atoms with Crippen molar-refractivity contribution in [3.63, 3.8) is 0 Å². The molecule has 0 unspecified atom stereocenters. The quantitative estimate of drug-likeness (QED) is 0.833. The van der Waals surface area contributed by atoms with Gasteiger partial charge < -0.3 is 10.2 Å². The summed E-state index contributed by atoms with van der Waals surface area (Å²) < 4.78 is 0. The minimum Gasteiger partial charge on any atom is -0.341 e. The van der Waals surface area contributed by atoms with Crippen LogP contribution in [0.5, 0.6) is 0 Å². The van der Waals surface area contributed by atoms with Gasteiger partial charge in [0.05, 0.1) is 13.2 Å². The first-order valence-electron chi connectivity index (χ1n) is 8.81. The molecule has 3 aliphatic rings. The summed E-state index contributed by atoms with van der Waals surface area (Å²) in [5.41, 5.74) is 0. The third-order valence-corrected chi connectivity index (χ3v) is 5.90. The largest absolute Gasteiger partial charge is 0.341 e. The van der Waals surface area contributed by atoms with Gasteiger partial charge in [-0.3, -0.25) is 9.63 Å². The molecule has 3 rings (SSSR count). The number of carbonyl (C=O) groups is 2.